The van der Waals surface area contributed by atoms with Crippen LogP contribution in [0, 0.1) is 6.92 Å². The Bertz CT molecular complexity index is 571. The Morgan fingerprint density at radius 1 is 1.35 bits per heavy atom. The molecule has 108 valence electrons. The predicted molar refractivity (Wildman–Crippen MR) is 73.2 cm³/mol. The van der Waals surface area contributed by atoms with E-state index in [-0.39, 0.29) is 12.4 Å². The maximum atomic E-state index is 14.7. The molecule has 0 unspecified atom stereocenters. The molecule has 0 saturated heterocycles. The third-order valence-corrected chi connectivity index (χ3v) is 4.17. The number of ether oxygens (including phenoxy) is 1. The van der Waals surface area contributed by atoms with Crippen LogP contribution >= 0.6 is 0 Å². The largest absolute Gasteiger partial charge is 0.385 e. The normalized spacial score (nSPS) is 28.6. The minimum atomic E-state index is -3.04. The summed E-state index contributed by atoms with van der Waals surface area (Å²) in [6.45, 7) is 1.24. The molecule has 0 radical (unpaired) electrons. The number of nitrogens with zero attached hydrogens (tertiary/aromatic N) is 1. The highest BCUT2D eigenvalue weighted by Crippen LogP contribution is 2.50. The molecular formula is C15H18F2N2O. The van der Waals surface area contributed by atoms with Gasteiger partial charge in [-0.15, -0.1) is 0 Å². The van der Waals surface area contributed by atoms with Crippen molar-refractivity contribution in [1.29, 1.82) is 0 Å². The second-order valence-electron chi connectivity index (χ2n) is 5.67. The van der Waals surface area contributed by atoms with Gasteiger partial charge in [-0.1, -0.05) is 23.8 Å². The van der Waals surface area contributed by atoms with Gasteiger partial charge in [0.25, 0.3) is 5.92 Å². The maximum absolute atomic E-state index is 14.7. The van der Waals surface area contributed by atoms with Gasteiger partial charge >= 0.3 is 0 Å². The third kappa shape index (κ3) is 1.92. The van der Waals surface area contributed by atoms with E-state index in [4.69, 9.17) is 10.5 Å². The number of hydrogen-bond acceptors (Lipinski definition) is 3. The summed E-state index contributed by atoms with van der Waals surface area (Å²) < 4.78 is 34.4. The molecule has 1 atom stereocenters. The van der Waals surface area contributed by atoms with Crippen molar-refractivity contribution in [3.8, 4) is 0 Å². The first-order valence-corrected chi connectivity index (χ1v) is 6.84. The zero-order valence-corrected chi connectivity index (χ0v) is 11.5. The van der Waals surface area contributed by atoms with Gasteiger partial charge in [0, 0.05) is 0 Å². The second kappa shape index (κ2) is 4.52. The molecule has 20 heavy (non-hydrogen) atoms. The number of alkyl halides is 2. The fourth-order valence-electron chi connectivity index (χ4n) is 3.22. The van der Waals surface area contributed by atoms with Crippen LogP contribution in [0.25, 0.3) is 0 Å². The van der Waals surface area contributed by atoms with Crippen LogP contribution < -0.4 is 5.73 Å². The Morgan fingerprint density at radius 2 is 2.15 bits per heavy atom. The number of benzene rings is 1. The number of aryl methyl sites for hydroxylation is 2. The van der Waals surface area contributed by atoms with Crippen molar-refractivity contribution in [1.82, 2.24) is 0 Å². The molecule has 1 heterocycles. The first-order chi connectivity index (χ1) is 9.45. The van der Waals surface area contributed by atoms with E-state index < -0.39 is 18.1 Å². The minimum absolute atomic E-state index is 0.0293. The molecular weight excluding hydrogens is 262 g/mol. The molecule has 1 aromatic rings. The van der Waals surface area contributed by atoms with Crippen molar-refractivity contribution in [2.75, 3.05) is 13.2 Å². The monoisotopic (exact) mass is 280 g/mol. The van der Waals surface area contributed by atoms with Gasteiger partial charge in [-0.3, -0.25) is 4.99 Å². The van der Waals surface area contributed by atoms with Crippen LogP contribution in [0.5, 0.6) is 0 Å². The fourth-order valence-corrected chi connectivity index (χ4v) is 3.22. The molecule has 0 amide bonds. The van der Waals surface area contributed by atoms with Crippen molar-refractivity contribution >= 4 is 5.84 Å². The lowest BCUT2D eigenvalue weighted by Gasteiger charge is -2.40. The highest BCUT2D eigenvalue weighted by molar-refractivity contribution is 5.82. The van der Waals surface area contributed by atoms with E-state index in [1.54, 1.807) is 0 Å². The lowest BCUT2D eigenvalue weighted by molar-refractivity contribution is -0.125. The SMILES string of the molecule is Cc1ccc2c(c1)[C@@]1(CCC2)N=C(N)COCC1(F)F. The molecule has 0 bridgehead atoms. The Labute approximate surface area is 116 Å². The van der Waals surface area contributed by atoms with E-state index in [1.165, 1.54) is 0 Å². The summed E-state index contributed by atoms with van der Waals surface area (Å²) in [7, 11) is 0. The van der Waals surface area contributed by atoms with Crippen LogP contribution in [0.2, 0.25) is 0 Å². The summed E-state index contributed by atoms with van der Waals surface area (Å²) in [5, 5.41) is 0. The fraction of sp³-hybridized carbons (Fsp3) is 0.533. The van der Waals surface area contributed by atoms with Gasteiger partial charge < -0.3 is 10.5 Å². The Balaban J connectivity index is 2.25. The van der Waals surface area contributed by atoms with Crippen LogP contribution in [0.3, 0.4) is 0 Å². The van der Waals surface area contributed by atoms with Gasteiger partial charge in [-0.25, -0.2) is 8.78 Å². The van der Waals surface area contributed by atoms with Crippen molar-refractivity contribution in [3.05, 3.63) is 34.9 Å². The van der Waals surface area contributed by atoms with Crippen LogP contribution in [-0.4, -0.2) is 25.0 Å². The molecule has 2 N–H and O–H groups in total. The molecule has 1 aliphatic heterocycles. The van der Waals surface area contributed by atoms with E-state index >= 15 is 0 Å². The first kappa shape index (κ1) is 13.5. The van der Waals surface area contributed by atoms with Gasteiger partial charge in [0.05, 0.1) is 0 Å². The summed E-state index contributed by atoms with van der Waals surface area (Å²) in [6, 6.07) is 5.71. The molecule has 0 fully saturated rings. The molecule has 0 saturated carbocycles. The lowest BCUT2D eigenvalue weighted by Crippen LogP contribution is -2.48. The van der Waals surface area contributed by atoms with E-state index in [1.807, 2.05) is 25.1 Å². The zero-order valence-electron chi connectivity index (χ0n) is 11.5. The summed E-state index contributed by atoms with van der Waals surface area (Å²) in [5.41, 5.74) is 6.70. The van der Waals surface area contributed by atoms with E-state index in [2.05, 4.69) is 4.99 Å². The molecule has 1 aromatic carbocycles. The van der Waals surface area contributed by atoms with Crippen molar-refractivity contribution < 1.29 is 13.5 Å². The summed E-state index contributed by atoms with van der Waals surface area (Å²) >= 11 is 0. The zero-order chi connectivity index (χ0) is 14.4. The van der Waals surface area contributed by atoms with Gasteiger partial charge in [-0.2, -0.15) is 0 Å². The average Bonchev–Trinajstić information content (AvgIpc) is 2.49. The number of fused-ring (bicyclic) bond motifs is 2. The van der Waals surface area contributed by atoms with Gasteiger partial charge in [-0.05, 0) is 37.3 Å². The molecule has 1 aliphatic carbocycles. The topological polar surface area (TPSA) is 47.6 Å². The quantitative estimate of drug-likeness (QED) is 0.794. The number of rotatable bonds is 0. The highest BCUT2D eigenvalue weighted by Gasteiger charge is 2.57. The maximum Gasteiger partial charge on any atom is 0.299 e. The van der Waals surface area contributed by atoms with Crippen LogP contribution in [0.4, 0.5) is 8.78 Å². The number of nitrogens with two attached hydrogens (primary N) is 1. The predicted octanol–water partition coefficient (Wildman–Crippen LogP) is 2.55. The number of halogens is 2. The number of amidine groups is 1. The summed E-state index contributed by atoms with van der Waals surface area (Å²) in [6.07, 6.45) is 1.80. The second-order valence-corrected chi connectivity index (χ2v) is 5.67. The summed E-state index contributed by atoms with van der Waals surface area (Å²) in [4.78, 5) is 4.22. The van der Waals surface area contributed by atoms with Gasteiger partial charge in [0.1, 0.15) is 19.0 Å². The Morgan fingerprint density at radius 3 is 2.95 bits per heavy atom. The molecule has 0 aromatic heterocycles. The van der Waals surface area contributed by atoms with Gasteiger partial charge in [0.15, 0.2) is 5.54 Å². The average molecular weight is 280 g/mol. The Kier molecular flexibility index (Phi) is 3.05. The number of hydrogen-bond donors (Lipinski definition) is 1. The standard InChI is InChI=1S/C15H18F2N2O/c1-10-4-5-11-3-2-6-14(12(11)7-10)15(16,17)9-20-8-13(18)19-14/h4-5,7H,2-3,6,8-9H2,1H3,(H2,18,19)/t14-/m1/s1. The third-order valence-electron chi connectivity index (χ3n) is 4.17. The van der Waals surface area contributed by atoms with E-state index in [0.717, 1.165) is 17.5 Å². The van der Waals surface area contributed by atoms with Crippen LogP contribution in [0.1, 0.15) is 29.5 Å². The molecule has 3 nitrogen and oxygen atoms in total. The van der Waals surface area contributed by atoms with Crippen LogP contribution in [0.15, 0.2) is 23.2 Å². The Hall–Kier alpha value is -1.49. The van der Waals surface area contributed by atoms with E-state index in [0.29, 0.717) is 18.4 Å². The molecule has 3 rings (SSSR count). The molecule has 5 heteroatoms. The highest BCUT2D eigenvalue weighted by atomic mass is 19.3. The van der Waals surface area contributed by atoms with Crippen molar-refractivity contribution in [2.24, 2.45) is 10.7 Å². The van der Waals surface area contributed by atoms with E-state index in [9.17, 15) is 8.78 Å². The molecule has 1 spiro atoms. The van der Waals surface area contributed by atoms with Crippen molar-refractivity contribution in [2.45, 2.75) is 37.6 Å². The van der Waals surface area contributed by atoms with Crippen molar-refractivity contribution in [3.63, 3.8) is 0 Å². The lowest BCUT2D eigenvalue weighted by atomic mass is 9.72. The minimum Gasteiger partial charge on any atom is -0.385 e. The number of aliphatic imine (C=N–C) groups is 1. The first-order valence-electron chi connectivity index (χ1n) is 6.84. The van der Waals surface area contributed by atoms with Gasteiger partial charge in [0.2, 0.25) is 0 Å². The summed E-state index contributed by atoms with van der Waals surface area (Å²) in [5.74, 6) is -2.89. The molecule has 2 aliphatic rings. The van der Waals surface area contributed by atoms with Crippen LogP contribution in [-0.2, 0) is 16.7 Å². The smallest absolute Gasteiger partial charge is 0.299 e.